The van der Waals surface area contributed by atoms with E-state index in [1.807, 2.05) is 14.1 Å². The average Bonchev–Trinajstić information content (AvgIpc) is 3.13. The van der Waals surface area contributed by atoms with Crippen LogP contribution < -0.4 is 10.9 Å². The highest BCUT2D eigenvalue weighted by atomic mass is 16.1. The van der Waals surface area contributed by atoms with Crippen LogP contribution in [0.15, 0.2) is 17.2 Å². The van der Waals surface area contributed by atoms with Crippen molar-refractivity contribution in [2.75, 3.05) is 26.0 Å². The van der Waals surface area contributed by atoms with Crippen LogP contribution in [0.25, 0.3) is 0 Å². The molecule has 0 aromatic carbocycles. The predicted molar refractivity (Wildman–Crippen MR) is 73.0 cm³/mol. The third-order valence-corrected chi connectivity index (χ3v) is 3.20. The van der Waals surface area contributed by atoms with E-state index in [1.165, 1.54) is 0 Å². The largest absolute Gasteiger partial charge is 0.363 e. The van der Waals surface area contributed by atoms with E-state index in [9.17, 15) is 4.79 Å². The Morgan fingerprint density at radius 2 is 2.28 bits per heavy atom. The normalized spacial score (nSPS) is 16.9. The summed E-state index contributed by atoms with van der Waals surface area (Å²) < 4.78 is 1.80. The fraction of sp³-hybridized carbons (Fsp3) is 0.692. The Hall–Kier alpha value is -1.36. The first-order chi connectivity index (χ1) is 8.58. The van der Waals surface area contributed by atoms with E-state index >= 15 is 0 Å². The second-order valence-corrected chi connectivity index (χ2v) is 5.36. The van der Waals surface area contributed by atoms with Gasteiger partial charge in [-0.2, -0.15) is 0 Å². The van der Waals surface area contributed by atoms with Gasteiger partial charge in [-0.05, 0) is 46.8 Å². The summed E-state index contributed by atoms with van der Waals surface area (Å²) >= 11 is 0. The molecule has 5 nitrogen and oxygen atoms in total. The van der Waals surface area contributed by atoms with Crippen molar-refractivity contribution in [3.05, 3.63) is 22.7 Å². The molecule has 1 unspecified atom stereocenters. The molecule has 2 rings (SSSR count). The fourth-order valence-electron chi connectivity index (χ4n) is 1.92. The van der Waals surface area contributed by atoms with Crippen LogP contribution in [0.2, 0.25) is 0 Å². The molecule has 1 N–H and O–H groups in total. The lowest BCUT2D eigenvalue weighted by Gasteiger charge is -2.17. The van der Waals surface area contributed by atoms with Crippen molar-refractivity contribution in [2.24, 2.45) is 0 Å². The van der Waals surface area contributed by atoms with Gasteiger partial charge in [0.05, 0.1) is 0 Å². The second-order valence-electron chi connectivity index (χ2n) is 5.36. The maximum absolute atomic E-state index is 12.2. The van der Waals surface area contributed by atoms with Gasteiger partial charge in [0.2, 0.25) is 0 Å². The van der Waals surface area contributed by atoms with Gasteiger partial charge in [0.15, 0.2) is 5.82 Å². The van der Waals surface area contributed by atoms with Gasteiger partial charge in [-0.25, -0.2) is 4.98 Å². The summed E-state index contributed by atoms with van der Waals surface area (Å²) in [5, 5.41) is 3.22. The molecule has 0 spiro atoms. The molecule has 1 aromatic rings. The summed E-state index contributed by atoms with van der Waals surface area (Å²) in [6, 6.07) is 0.654. The zero-order valence-corrected chi connectivity index (χ0v) is 11.4. The summed E-state index contributed by atoms with van der Waals surface area (Å²) in [4.78, 5) is 18.4. The predicted octanol–water partition coefficient (Wildman–Crippen LogP) is 1.33. The molecule has 100 valence electrons. The van der Waals surface area contributed by atoms with Crippen LogP contribution in [-0.4, -0.2) is 41.1 Å². The van der Waals surface area contributed by atoms with Crippen molar-refractivity contribution in [1.82, 2.24) is 14.5 Å². The number of nitrogens with zero attached hydrogens (tertiary/aromatic N) is 3. The Morgan fingerprint density at radius 3 is 2.89 bits per heavy atom. The van der Waals surface area contributed by atoms with E-state index in [0.29, 0.717) is 11.9 Å². The van der Waals surface area contributed by atoms with Gasteiger partial charge in [-0.1, -0.05) is 0 Å². The molecular weight excluding hydrogens is 228 g/mol. The van der Waals surface area contributed by atoms with Crippen molar-refractivity contribution in [3.63, 3.8) is 0 Å². The first-order valence-electron chi connectivity index (χ1n) is 6.56. The van der Waals surface area contributed by atoms with Crippen LogP contribution >= 0.6 is 0 Å². The molecule has 1 heterocycles. The molecule has 1 aromatic heterocycles. The summed E-state index contributed by atoms with van der Waals surface area (Å²) in [5.74, 6) is 0.482. The van der Waals surface area contributed by atoms with E-state index in [0.717, 1.165) is 25.8 Å². The van der Waals surface area contributed by atoms with Crippen molar-refractivity contribution in [3.8, 4) is 0 Å². The van der Waals surface area contributed by atoms with E-state index in [1.54, 1.807) is 17.0 Å². The Morgan fingerprint density at radius 1 is 1.56 bits per heavy atom. The molecule has 1 aliphatic carbocycles. The molecular formula is C13H22N4O. The van der Waals surface area contributed by atoms with Crippen LogP contribution in [0.5, 0.6) is 0 Å². The molecule has 1 aliphatic rings. The van der Waals surface area contributed by atoms with Crippen LogP contribution in [-0.2, 0) is 0 Å². The standard InChI is InChI=1S/C13H22N4O/c1-10(6-8-16(2)3)15-12-13(18)17(9-7-14-12)11-4-5-11/h7,9-11H,4-6,8H2,1-3H3,(H,14,15). The maximum atomic E-state index is 12.2. The van der Waals surface area contributed by atoms with Crippen molar-refractivity contribution < 1.29 is 0 Å². The third-order valence-electron chi connectivity index (χ3n) is 3.20. The summed E-state index contributed by atoms with van der Waals surface area (Å²) in [7, 11) is 4.10. The summed E-state index contributed by atoms with van der Waals surface area (Å²) in [5.41, 5.74) is 0.0108. The molecule has 0 aliphatic heterocycles. The zero-order valence-electron chi connectivity index (χ0n) is 11.4. The lowest BCUT2D eigenvalue weighted by Crippen LogP contribution is -2.29. The van der Waals surface area contributed by atoms with E-state index in [2.05, 4.69) is 22.1 Å². The number of anilines is 1. The molecule has 0 radical (unpaired) electrons. The van der Waals surface area contributed by atoms with Crippen LogP contribution in [0.3, 0.4) is 0 Å². The topological polar surface area (TPSA) is 50.2 Å². The number of nitrogens with one attached hydrogen (secondary N) is 1. The number of hydrogen-bond acceptors (Lipinski definition) is 4. The fourth-order valence-corrected chi connectivity index (χ4v) is 1.92. The van der Waals surface area contributed by atoms with Gasteiger partial charge in [0, 0.05) is 24.5 Å². The third kappa shape index (κ3) is 3.32. The average molecular weight is 250 g/mol. The molecule has 1 fully saturated rings. The summed E-state index contributed by atoms with van der Waals surface area (Å²) in [6.45, 7) is 3.08. The lowest BCUT2D eigenvalue weighted by molar-refractivity contribution is 0.390. The van der Waals surface area contributed by atoms with Crippen molar-refractivity contribution in [2.45, 2.75) is 38.3 Å². The van der Waals surface area contributed by atoms with Crippen LogP contribution in [0.1, 0.15) is 32.2 Å². The first-order valence-corrected chi connectivity index (χ1v) is 6.56. The van der Waals surface area contributed by atoms with Gasteiger partial charge in [-0.15, -0.1) is 0 Å². The van der Waals surface area contributed by atoms with Gasteiger partial charge >= 0.3 is 0 Å². The van der Waals surface area contributed by atoms with Crippen molar-refractivity contribution in [1.29, 1.82) is 0 Å². The molecule has 0 amide bonds. The highest BCUT2D eigenvalue weighted by molar-refractivity contribution is 5.32. The highest BCUT2D eigenvalue weighted by Gasteiger charge is 2.25. The minimum absolute atomic E-state index is 0.0108. The SMILES string of the molecule is CC(CCN(C)C)Nc1nccn(C2CC2)c1=O. The molecule has 18 heavy (non-hydrogen) atoms. The minimum Gasteiger partial charge on any atom is -0.363 e. The van der Waals surface area contributed by atoms with Crippen molar-refractivity contribution >= 4 is 5.82 Å². The Balaban J connectivity index is 2.00. The molecule has 0 bridgehead atoms. The monoisotopic (exact) mass is 250 g/mol. The molecule has 1 saturated carbocycles. The quantitative estimate of drug-likeness (QED) is 0.827. The Labute approximate surface area is 108 Å². The second kappa shape index (κ2) is 5.52. The van der Waals surface area contributed by atoms with Gasteiger partial charge in [-0.3, -0.25) is 4.79 Å². The zero-order chi connectivity index (χ0) is 13.1. The number of hydrogen-bond donors (Lipinski definition) is 1. The molecule has 0 saturated heterocycles. The number of aromatic nitrogens is 2. The van der Waals surface area contributed by atoms with Crippen LogP contribution in [0.4, 0.5) is 5.82 Å². The smallest absolute Gasteiger partial charge is 0.293 e. The summed E-state index contributed by atoms with van der Waals surface area (Å²) in [6.07, 6.45) is 6.71. The maximum Gasteiger partial charge on any atom is 0.293 e. The van der Waals surface area contributed by atoms with E-state index in [4.69, 9.17) is 0 Å². The Kier molecular flexibility index (Phi) is 4.01. The van der Waals surface area contributed by atoms with Gasteiger partial charge in [0.25, 0.3) is 5.56 Å². The molecule has 5 heteroatoms. The highest BCUT2D eigenvalue weighted by Crippen LogP contribution is 2.33. The van der Waals surface area contributed by atoms with Gasteiger partial charge in [0.1, 0.15) is 0 Å². The van der Waals surface area contributed by atoms with Gasteiger partial charge < -0.3 is 14.8 Å². The van der Waals surface area contributed by atoms with Crippen LogP contribution in [0, 0.1) is 0 Å². The Bertz CT molecular complexity index is 451. The molecule has 1 atom stereocenters. The van der Waals surface area contributed by atoms with E-state index in [-0.39, 0.29) is 11.6 Å². The van der Waals surface area contributed by atoms with E-state index < -0.39 is 0 Å². The lowest BCUT2D eigenvalue weighted by atomic mass is 10.2. The number of rotatable bonds is 6. The first kappa shape index (κ1) is 13.1. The minimum atomic E-state index is 0.0108.